The van der Waals surface area contributed by atoms with Gasteiger partial charge in [-0.2, -0.15) is 0 Å². The molecule has 0 atom stereocenters. The van der Waals surface area contributed by atoms with E-state index in [0.29, 0.717) is 11.1 Å². The van der Waals surface area contributed by atoms with Crippen LogP contribution in [0.2, 0.25) is 0 Å². The van der Waals surface area contributed by atoms with Crippen molar-refractivity contribution in [3.8, 4) is 68.3 Å². The fourth-order valence-corrected chi connectivity index (χ4v) is 4.92. The number of hydrogen-bond acceptors (Lipinski definition) is 10. The van der Waals surface area contributed by atoms with Crippen LogP contribution in [0.25, 0.3) is 55.7 Å². The highest BCUT2D eigenvalue weighted by molar-refractivity contribution is 6.01. The van der Waals surface area contributed by atoms with Crippen LogP contribution in [0.5, 0.6) is 34.5 Å². The molecule has 4 aromatic carbocycles. The molecule has 0 aliphatic heterocycles. The van der Waals surface area contributed by atoms with Crippen LogP contribution in [0, 0.1) is 0 Å². The molecule has 0 unspecified atom stereocenters. The maximum Gasteiger partial charge on any atom is 0.197 e. The van der Waals surface area contributed by atoms with Gasteiger partial charge in [0.1, 0.15) is 62.4 Å². The smallest absolute Gasteiger partial charge is 0.197 e. The van der Waals surface area contributed by atoms with Crippen LogP contribution < -0.4 is 20.3 Å². The van der Waals surface area contributed by atoms with Gasteiger partial charge in [-0.25, -0.2) is 0 Å². The molecule has 0 bridgehead atoms. The van der Waals surface area contributed by atoms with E-state index in [0.717, 1.165) is 6.07 Å². The third-order valence-corrected chi connectivity index (χ3v) is 6.86. The lowest BCUT2D eigenvalue weighted by Gasteiger charge is -2.15. The lowest BCUT2D eigenvalue weighted by molar-refractivity contribution is 0.408. The fraction of sp³-hybridized carbons (Fsp3) is 0.0625. The van der Waals surface area contributed by atoms with Crippen molar-refractivity contribution in [3.63, 3.8) is 0 Å². The molecule has 0 amide bonds. The van der Waals surface area contributed by atoms with E-state index in [4.69, 9.17) is 18.3 Å². The van der Waals surface area contributed by atoms with E-state index in [1.165, 1.54) is 50.6 Å². The van der Waals surface area contributed by atoms with Gasteiger partial charge in [-0.05, 0) is 30.3 Å². The third-order valence-electron chi connectivity index (χ3n) is 6.86. The molecule has 0 spiro atoms. The number of methoxy groups -OCH3 is 2. The molecule has 42 heavy (non-hydrogen) atoms. The van der Waals surface area contributed by atoms with Gasteiger partial charge in [-0.15, -0.1) is 0 Å². The lowest BCUT2D eigenvalue weighted by atomic mass is 9.96. The van der Waals surface area contributed by atoms with Crippen LogP contribution in [0.1, 0.15) is 0 Å². The number of aromatic hydroxyl groups is 4. The highest BCUT2D eigenvalue weighted by Crippen LogP contribution is 2.46. The summed E-state index contributed by atoms with van der Waals surface area (Å²) < 4.78 is 22.8. The van der Waals surface area contributed by atoms with Gasteiger partial charge in [0.15, 0.2) is 16.4 Å². The van der Waals surface area contributed by atoms with Crippen molar-refractivity contribution in [2.24, 2.45) is 0 Å². The molecule has 6 rings (SSSR count). The highest BCUT2D eigenvalue weighted by atomic mass is 16.5. The van der Waals surface area contributed by atoms with Crippen LogP contribution in [-0.2, 0) is 0 Å². The van der Waals surface area contributed by atoms with Crippen molar-refractivity contribution in [3.05, 3.63) is 93.2 Å². The standard InChI is InChI=1S/C32H22O10/c1-39-18-10-20(34)30-23(37)13-26(41-28(30)11-18)16-6-7-25(40-2)19(9-16)29-21(35)12-22(36)31-24(38)14-27(42-32(29)31)15-4-3-5-17(33)8-15/h3-14,33-36H,1-2H3. The summed E-state index contributed by atoms with van der Waals surface area (Å²) in [6.07, 6.45) is 0. The number of phenols is 4. The Bertz CT molecular complexity index is 2160. The first kappa shape index (κ1) is 26.3. The largest absolute Gasteiger partial charge is 0.508 e. The van der Waals surface area contributed by atoms with Crippen LogP contribution in [0.4, 0.5) is 0 Å². The van der Waals surface area contributed by atoms with Crippen LogP contribution in [0.15, 0.2) is 91.2 Å². The summed E-state index contributed by atoms with van der Waals surface area (Å²) in [4.78, 5) is 26.1. The molecule has 4 N–H and O–H groups in total. The molecule has 0 radical (unpaired) electrons. The normalized spacial score (nSPS) is 11.2. The Balaban J connectivity index is 1.63. The van der Waals surface area contributed by atoms with Crippen molar-refractivity contribution < 1.29 is 38.7 Å². The molecule has 10 heteroatoms. The number of fused-ring (bicyclic) bond motifs is 2. The maximum absolute atomic E-state index is 13.2. The zero-order valence-corrected chi connectivity index (χ0v) is 22.2. The SMILES string of the molecule is COc1cc(O)c2c(=O)cc(-c3ccc(OC)c(-c4c(O)cc(O)c5c(=O)cc(-c6cccc(O)c6)oc45)c3)oc2c1. The van der Waals surface area contributed by atoms with Gasteiger partial charge in [-0.1, -0.05) is 12.1 Å². The molecule has 0 aliphatic carbocycles. The second-order valence-electron chi connectivity index (χ2n) is 9.43. The zero-order chi connectivity index (χ0) is 29.7. The highest BCUT2D eigenvalue weighted by Gasteiger charge is 2.23. The summed E-state index contributed by atoms with van der Waals surface area (Å²) in [6, 6.07) is 17.0. The number of hydrogen-bond donors (Lipinski definition) is 4. The van der Waals surface area contributed by atoms with Gasteiger partial charge in [-0.3, -0.25) is 9.59 Å². The average Bonchev–Trinajstić information content (AvgIpc) is 2.96. The Labute approximate surface area is 236 Å². The Morgan fingerprint density at radius 1 is 0.643 bits per heavy atom. The van der Waals surface area contributed by atoms with Crippen molar-refractivity contribution in [2.75, 3.05) is 14.2 Å². The van der Waals surface area contributed by atoms with E-state index in [1.807, 2.05) is 0 Å². The molecule has 0 aliphatic rings. The second-order valence-corrected chi connectivity index (χ2v) is 9.43. The van der Waals surface area contributed by atoms with Crippen molar-refractivity contribution in [1.29, 1.82) is 0 Å². The molecule has 2 heterocycles. The lowest BCUT2D eigenvalue weighted by Crippen LogP contribution is -2.03. The van der Waals surface area contributed by atoms with Gasteiger partial charge >= 0.3 is 0 Å². The molecule has 0 saturated carbocycles. The van der Waals surface area contributed by atoms with Gasteiger partial charge in [0, 0.05) is 47.0 Å². The van der Waals surface area contributed by atoms with Crippen molar-refractivity contribution in [1.82, 2.24) is 0 Å². The van der Waals surface area contributed by atoms with Crippen molar-refractivity contribution in [2.45, 2.75) is 0 Å². The van der Waals surface area contributed by atoms with E-state index in [-0.39, 0.29) is 67.6 Å². The number of phenolic OH excluding ortho intramolecular Hbond substituents is 4. The fourth-order valence-electron chi connectivity index (χ4n) is 4.92. The number of benzene rings is 4. The molecule has 10 nitrogen and oxygen atoms in total. The Morgan fingerprint density at radius 3 is 2.05 bits per heavy atom. The average molecular weight is 567 g/mol. The van der Waals surface area contributed by atoms with E-state index < -0.39 is 22.4 Å². The summed E-state index contributed by atoms with van der Waals surface area (Å²) in [6.45, 7) is 0. The number of ether oxygens (including phenoxy) is 2. The van der Waals surface area contributed by atoms with E-state index >= 15 is 0 Å². The molecule has 210 valence electrons. The first-order valence-electron chi connectivity index (χ1n) is 12.5. The number of rotatable bonds is 5. The van der Waals surface area contributed by atoms with Gasteiger partial charge in [0.05, 0.1) is 19.8 Å². The van der Waals surface area contributed by atoms with Gasteiger partial charge < -0.3 is 38.7 Å². The van der Waals surface area contributed by atoms with Crippen LogP contribution in [0.3, 0.4) is 0 Å². The quantitative estimate of drug-likeness (QED) is 0.203. The second kappa shape index (κ2) is 9.93. The minimum atomic E-state index is -0.585. The van der Waals surface area contributed by atoms with E-state index in [2.05, 4.69) is 0 Å². The van der Waals surface area contributed by atoms with Crippen LogP contribution in [-0.4, -0.2) is 34.6 Å². The predicted octanol–water partition coefficient (Wildman–Crippen LogP) is 5.74. The van der Waals surface area contributed by atoms with Crippen molar-refractivity contribution >= 4 is 21.9 Å². The third kappa shape index (κ3) is 4.31. The zero-order valence-electron chi connectivity index (χ0n) is 22.2. The Hall–Kier alpha value is -5.90. The van der Waals surface area contributed by atoms with Gasteiger partial charge in [0.25, 0.3) is 0 Å². The summed E-state index contributed by atoms with van der Waals surface area (Å²) in [7, 11) is 2.83. The molecular weight excluding hydrogens is 544 g/mol. The summed E-state index contributed by atoms with van der Waals surface area (Å²) in [5.74, 6) is -0.479. The first-order chi connectivity index (χ1) is 20.2. The summed E-state index contributed by atoms with van der Waals surface area (Å²) >= 11 is 0. The maximum atomic E-state index is 13.2. The topological polar surface area (TPSA) is 160 Å². The monoisotopic (exact) mass is 566 g/mol. The summed E-state index contributed by atoms with van der Waals surface area (Å²) in [5.41, 5.74) is -0.0663. The van der Waals surface area contributed by atoms with Crippen LogP contribution >= 0.6 is 0 Å². The molecule has 0 fully saturated rings. The van der Waals surface area contributed by atoms with Gasteiger partial charge in [0.2, 0.25) is 0 Å². The van der Waals surface area contributed by atoms with E-state index in [1.54, 1.807) is 30.3 Å². The minimum absolute atomic E-state index is 0.0169. The first-order valence-corrected chi connectivity index (χ1v) is 12.5. The molecule has 6 aromatic rings. The Morgan fingerprint density at radius 2 is 1.33 bits per heavy atom. The molecule has 0 saturated heterocycles. The molecule has 2 aromatic heterocycles. The summed E-state index contributed by atoms with van der Waals surface area (Å²) in [5, 5.41) is 41.7. The predicted molar refractivity (Wildman–Crippen MR) is 155 cm³/mol. The molecular formula is C32H22O10. The minimum Gasteiger partial charge on any atom is -0.508 e. The Kier molecular flexibility index (Phi) is 6.23. The van der Waals surface area contributed by atoms with E-state index in [9.17, 15) is 30.0 Å².